The molecule has 2 atom stereocenters. The zero-order valence-corrected chi connectivity index (χ0v) is 58.8. The Balaban J connectivity index is 3.27. The average molecular weight is 1210 g/mol. The molecule has 6 nitrogen and oxygen atoms in total. The number of hydrogen-bond donors (Lipinski definition) is 3. The van der Waals surface area contributed by atoms with E-state index in [0.717, 1.165) is 38.5 Å². The van der Waals surface area contributed by atoms with E-state index in [1.165, 1.54) is 392 Å². The number of allylic oxidation sites excluding steroid dienone is 2. The molecule has 0 bridgehead atoms. The molecule has 0 saturated carbocycles. The summed E-state index contributed by atoms with van der Waals surface area (Å²) in [6.07, 6.45) is 96.1. The fourth-order valence-electron chi connectivity index (χ4n) is 13.0. The Labute approximate surface area is 539 Å². The Morgan fingerprint density at radius 2 is 0.547 bits per heavy atom. The summed E-state index contributed by atoms with van der Waals surface area (Å²) in [5.74, 6) is -0.00209. The Morgan fingerprint density at radius 3 is 0.826 bits per heavy atom. The number of aliphatic hydroxyl groups is 2. The van der Waals surface area contributed by atoms with Crippen LogP contribution in [0.4, 0.5) is 0 Å². The zero-order valence-electron chi connectivity index (χ0n) is 58.8. The molecule has 0 aliphatic carbocycles. The second kappa shape index (κ2) is 76.1. The van der Waals surface area contributed by atoms with Crippen molar-refractivity contribution in [1.82, 2.24) is 5.32 Å². The fourth-order valence-corrected chi connectivity index (χ4v) is 13.0. The van der Waals surface area contributed by atoms with Crippen LogP contribution in [0.1, 0.15) is 463 Å². The van der Waals surface area contributed by atoms with Gasteiger partial charge in [-0.05, 0) is 51.4 Å². The summed E-state index contributed by atoms with van der Waals surface area (Å²) in [7, 11) is 0. The van der Waals surface area contributed by atoms with E-state index in [-0.39, 0.29) is 18.5 Å². The number of aliphatic hydroxyl groups excluding tert-OH is 2. The third kappa shape index (κ3) is 71.7. The van der Waals surface area contributed by atoms with Gasteiger partial charge in [-0.25, -0.2) is 0 Å². The molecule has 0 aromatic heterocycles. The summed E-state index contributed by atoms with van der Waals surface area (Å²) in [6, 6.07) is -0.535. The number of carbonyl (C=O) groups excluding carboxylic acids is 2. The summed E-state index contributed by atoms with van der Waals surface area (Å²) < 4.78 is 5.52. The lowest BCUT2D eigenvalue weighted by Gasteiger charge is -2.22. The highest BCUT2D eigenvalue weighted by atomic mass is 16.5. The van der Waals surface area contributed by atoms with Gasteiger partial charge in [0.15, 0.2) is 0 Å². The average Bonchev–Trinajstić information content (AvgIpc) is 3.54. The van der Waals surface area contributed by atoms with Gasteiger partial charge in [-0.3, -0.25) is 9.59 Å². The van der Waals surface area contributed by atoms with Crippen LogP contribution in [-0.2, 0) is 14.3 Å². The van der Waals surface area contributed by atoms with Crippen LogP contribution in [0.15, 0.2) is 12.2 Å². The molecule has 6 heteroatoms. The molecule has 0 aromatic carbocycles. The van der Waals surface area contributed by atoms with Gasteiger partial charge in [0, 0.05) is 12.8 Å². The van der Waals surface area contributed by atoms with E-state index >= 15 is 0 Å². The van der Waals surface area contributed by atoms with Crippen LogP contribution in [0.25, 0.3) is 0 Å². The summed E-state index contributed by atoms with van der Waals surface area (Å²) in [6.45, 7) is 5.00. The third-order valence-electron chi connectivity index (χ3n) is 19.1. The summed E-state index contributed by atoms with van der Waals surface area (Å²) in [5, 5.41) is 23.3. The van der Waals surface area contributed by atoms with Gasteiger partial charge in [0.1, 0.15) is 0 Å². The molecule has 2 unspecified atom stereocenters. The van der Waals surface area contributed by atoms with Crippen LogP contribution >= 0.6 is 0 Å². The minimum Gasteiger partial charge on any atom is -0.466 e. The molecule has 0 aliphatic rings. The normalized spacial score (nSPS) is 12.5. The van der Waals surface area contributed by atoms with E-state index in [1.807, 2.05) is 0 Å². The molecule has 0 aromatic rings. The highest BCUT2D eigenvalue weighted by molar-refractivity contribution is 5.76. The molecule has 0 fully saturated rings. The number of ether oxygens (including phenoxy) is 1. The third-order valence-corrected chi connectivity index (χ3v) is 19.1. The number of carbonyl (C=O) groups is 2. The molecule has 0 aliphatic heterocycles. The first-order valence-electron chi connectivity index (χ1n) is 39.9. The monoisotopic (exact) mass is 1210 g/mol. The minimum absolute atomic E-state index is 0.0241. The number of amides is 1. The van der Waals surface area contributed by atoms with Gasteiger partial charge in [0.25, 0.3) is 0 Å². The van der Waals surface area contributed by atoms with Gasteiger partial charge in [-0.2, -0.15) is 0 Å². The predicted molar refractivity (Wildman–Crippen MR) is 380 cm³/mol. The van der Waals surface area contributed by atoms with Crippen molar-refractivity contribution in [3.63, 3.8) is 0 Å². The number of rotatable bonds is 76. The fraction of sp³-hybridized carbons (Fsp3) is 0.950. The molecule has 3 N–H and O–H groups in total. The number of esters is 1. The lowest BCUT2D eigenvalue weighted by atomic mass is 10.0. The van der Waals surface area contributed by atoms with Crippen molar-refractivity contribution in [2.75, 3.05) is 13.2 Å². The van der Waals surface area contributed by atoms with E-state index in [4.69, 9.17) is 4.74 Å². The minimum atomic E-state index is -0.659. The molecule has 0 spiro atoms. The quantitative estimate of drug-likeness (QED) is 0.0320. The van der Waals surface area contributed by atoms with E-state index in [1.54, 1.807) is 0 Å². The molecule has 512 valence electrons. The summed E-state index contributed by atoms with van der Waals surface area (Å²) >= 11 is 0. The van der Waals surface area contributed by atoms with Gasteiger partial charge in [-0.15, -0.1) is 0 Å². The van der Waals surface area contributed by atoms with Crippen LogP contribution in [-0.4, -0.2) is 47.4 Å². The van der Waals surface area contributed by atoms with E-state index in [9.17, 15) is 19.8 Å². The maximum atomic E-state index is 12.5. The number of hydrogen-bond acceptors (Lipinski definition) is 5. The van der Waals surface area contributed by atoms with Crippen molar-refractivity contribution in [2.24, 2.45) is 0 Å². The van der Waals surface area contributed by atoms with Gasteiger partial charge < -0.3 is 20.3 Å². The zero-order chi connectivity index (χ0) is 62.0. The first-order chi connectivity index (χ1) is 42.5. The smallest absolute Gasteiger partial charge is 0.305 e. The largest absolute Gasteiger partial charge is 0.466 e. The van der Waals surface area contributed by atoms with Gasteiger partial charge in [0.05, 0.1) is 25.4 Å². The highest BCUT2D eigenvalue weighted by Gasteiger charge is 2.20. The molecular formula is C80H157NO5. The van der Waals surface area contributed by atoms with Gasteiger partial charge >= 0.3 is 5.97 Å². The van der Waals surface area contributed by atoms with Gasteiger partial charge in [0.2, 0.25) is 5.91 Å². The van der Waals surface area contributed by atoms with Crippen molar-refractivity contribution >= 4 is 11.9 Å². The van der Waals surface area contributed by atoms with E-state index in [0.29, 0.717) is 25.9 Å². The predicted octanol–water partition coefficient (Wildman–Crippen LogP) is 26.3. The first-order valence-corrected chi connectivity index (χ1v) is 39.9. The van der Waals surface area contributed by atoms with Crippen molar-refractivity contribution in [1.29, 1.82) is 0 Å². The summed E-state index contributed by atoms with van der Waals surface area (Å²) in [4.78, 5) is 24.6. The number of unbranched alkanes of at least 4 members (excludes halogenated alkanes) is 63. The second-order valence-corrected chi connectivity index (χ2v) is 27.8. The van der Waals surface area contributed by atoms with E-state index < -0.39 is 12.1 Å². The molecule has 86 heavy (non-hydrogen) atoms. The molecule has 1 amide bonds. The highest BCUT2D eigenvalue weighted by Crippen LogP contribution is 2.20. The Morgan fingerprint density at radius 1 is 0.314 bits per heavy atom. The molecule has 0 radical (unpaired) electrons. The Kier molecular flexibility index (Phi) is 74.8. The maximum Gasteiger partial charge on any atom is 0.305 e. The molecule has 0 rings (SSSR count). The van der Waals surface area contributed by atoms with Gasteiger partial charge in [-0.1, -0.05) is 411 Å². The van der Waals surface area contributed by atoms with Crippen LogP contribution in [0.2, 0.25) is 0 Å². The second-order valence-electron chi connectivity index (χ2n) is 27.8. The molecule has 0 heterocycles. The number of nitrogens with one attached hydrogen (secondary N) is 1. The Hall–Kier alpha value is -1.40. The van der Waals surface area contributed by atoms with Crippen LogP contribution in [0.5, 0.6) is 0 Å². The lowest BCUT2D eigenvalue weighted by molar-refractivity contribution is -0.143. The van der Waals surface area contributed by atoms with Crippen LogP contribution in [0.3, 0.4) is 0 Å². The molecular weight excluding hydrogens is 1050 g/mol. The van der Waals surface area contributed by atoms with Crippen LogP contribution < -0.4 is 5.32 Å². The maximum absolute atomic E-state index is 12.5. The Bertz CT molecular complexity index is 1300. The lowest BCUT2D eigenvalue weighted by Crippen LogP contribution is -2.45. The molecule has 0 saturated heterocycles. The van der Waals surface area contributed by atoms with Crippen molar-refractivity contribution < 1.29 is 24.5 Å². The van der Waals surface area contributed by atoms with Crippen LogP contribution in [0, 0.1) is 0 Å². The van der Waals surface area contributed by atoms with Crippen molar-refractivity contribution in [3.8, 4) is 0 Å². The SMILES string of the molecule is CCCCCCCC/C=C\CCCCCCCCCCCC(=O)OCCCCCCCCCCCCCCCCCCCCCCCCCCCCCCCCCCCCCCCC(=O)NC(CO)C(O)CCCCCCCCCCCCCCC. The van der Waals surface area contributed by atoms with Crippen molar-refractivity contribution in [3.05, 3.63) is 12.2 Å². The first kappa shape index (κ1) is 84.6. The van der Waals surface area contributed by atoms with E-state index in [2.05, 4.69) is 31.3 Å². The standard InChI is InChI=1S/C80H157NO5/c1-3-5-7-9-11-13-15-17-18-19-39-43-46-50-54-58-62-66-70-74-80(85)86-75-71-67-63-59-55-51-47-44-41-38-36-34-32-30-28-26-24-22-20-21-23-25-27-29-31-33-35-37-40-42-45-49-53-57-61-65-69-73-79(84)81-77(76-82)78(83)72-68-64-60-56-52-48-16-14-12-10-8-6-4-2/h17-18,77-78,82-83H,3-16,19-76H2,1-2H3,(H,81,84)/b18-17-. The van der Waals surface area contributed by atoms with Crippen molar-refractivity contribution in [2.45, 2.75) is 475 Å². The topological polar surface area (TPSA) is 95.9 Å². The summed E-state index contributed by atoms with van der Waals surface area (Å²) in [5.41, 5.74) is 0.